The van der Waals surface area contributed by atoms with E-state index in [1.165, 1.54) is 13.8 Å². The maximum absolute atomic E-state index is 10.9. The Bertz CT molecular complexity index is 503. The zero-order valence-electron chi connectivity index (χ0n) is 12.3. The molecule has 4 heteroatoms. The highest BCUT2D eigenvalue weighted by molar-refractivity contribution is 5.88. The predicted octanol–water partition coefficient (Wildman–Crippen LogP) is 3.50. The molecule has 0 aliphatic rings. The molecule has 0 fully saturated rings. The van der Waals surface area contributed by atoms with Gasteiger partial charge in [-0.1, -0.05) is 0 Å². The van der Waals surface area contributed by atoms with Crippen LogP contribution in [-0.2, 0) is 9.59 Å². The van der Waals surface area contributed by atoms with Gasteiger partial charge in [-0.3, -0.25) is 9.59 Å². The molecule has 1 aromatic carbocycles. The van der Waals surface area contributed by atoms with Gasteiger partial charge in [-0.15, -0.1) is 0 Å². The highest BCUT2D eigenvalue weighted by Crippen LogP contribution is 2.16. The van der Waals surface area contributed by atoms with E-state index in [1.54, 1.807) is 12.2 Å². The minimum atomic E-state index is 0.0123. The van der Waals surface area contributed by atoms with Crippen molar-refractivity contribution in [3.63, 3.8) is 0 Å². The lowest BCUT2D eigenvalue weighted by molar-refractivity contribution is -0.113. The molecule has 2 N–H and O–H groups in total. The van der Waals surface area contributed by atoms with Crippen molar-refractivity contribution in [1.29, 1.82) is 0 Å². The van der Waals surface area contributed by atoms with E-state index in [0.29, 0.717) is 0 Å². The summed E-state index contributed by atoms with van der Waals surface area (Å²) in [5.74, 6) is 0.0246. The van der Waals surface area contributed by atoms with Crippen LogP contribution in [0.5, 0.6) is 0 Å². The number of rotatable bonds is 6. The lowest BCUT2D eigenvalue weighted by Gasteiger charge is -2.09. The summed E-state index contributed by atoms with van der Waals surface area (Å²) in [6.07, 6.45) is 3.10. The Morgan fingerprint density at radius 1 is 0.750 bits per heavy atom. The molecule has 0 radical (unpaired) electrons. The molecule has 106 valence electrons. The van der Waals surface area contributed by atoms with Gasteiger partial charge in [0, 0.05) is 22.8 Å². The molecule has 1 aromatic rings. The fourth-order valence-corrected chi connectivity index (χ4v) is 1.77. The summed E-state index contributed by atoms with van der Waals surface area (Å²) in [7, 11) is 0. The standard InChI is InChI=1S/C16H20N2O2/c1-11(9-13(3)19)17-15-5-7-16(8-6-15)18-12(2)10-14(4)20/h5-10,17-18H,1-4H3/b11-9+,12-10+. The third-order valence-electron chi connectivity index (χ3n) is 2.41. The van der Waals surface area contributed by atoms with Crippen molar-refractivity contribution in [3.8, 4) is 0 Å². The first-order valence-electron chi connectivity index (χ1n) is 6.38. The molecule has 0 heterocycles. The Balaban J connectivity index is 2.70. The smallest absolute Gasteiger partial charge is 0.154 e. The molecule has 4 nitrogen and oxygen atoms in total. The van der Waals surface area contributed by atoms with E-state index < -0.39 is 0 Å². The molecule has 0 spiro atoms. The van der Waals surface area contributed by atoms with Gasteiger partial charge in [0.25, 0.3) is 0 Å². The van der Waals surface area contributed by atoms with Crippen LogP contribution in [0, 0.1) is 0 Å². The van der Waals surface area contributed by atoms with Crippen molar-refractivity contribution in [3.05, 3.63) is 47.8 Å². The molecular weight excluding hydrogens is 252 g/mol. The molecule has 0 aliphatic heterocycles. The molecule has 0 bridgehead atoms. The fraction of sp³-hybridized carbons (Fsp3) is 0.250. The first-order valence-corrected chi connectivity index (χ1v) is 6.38. The first kappa shape index (κ1) is 15.7. The van der Waals surface area contributed by atoms with Crippen LogP contribution in [-0.4, -0.2) is 11.6 Å². The second kappa shape index (κ2) is 7.28. The van der Waals surface area contributed by atoms with Crippen molar-refractivity contribution in [2.24, 2.45) is 0 Å². The van der Waals surface area contributed by atoms with Crippen molar-refractivity contribution < 1.29 is 9.59 Å². The maximum Gasteiger partial charge on any atom is 0.154 e. The van der Waals surface area contributed by atoms with Gasteiger partial charge >= 0.3 is 0 Å². The third-order valence-corrected chi connectivity index (χ3v) is 2.41. The zero-order chi connectivity index (χ0) is 15.1. The average Bonchev–Trinajstić information content (AvgIpc) is 2.29. The van der Waals surface area contributed by atoms with Gasteiger partial charge in [0.05, 0.1) is 0 Å². The van der Waals surface area contributed by atoms with Crippen LogP contribution in [0.25, 0.3) is 0 Å². The molecule has 1 rings (SSSR count). The van der Waals surface area contributed by atoms with Crippen molar-refractivity contribution >= 4 is 22.9 Å². The first-order chi connectivity index (χ1) is 9.36. The molecule has 0 aromatic heterocycles. The van der Waals surface area contributed by atoms with Crippen LogP contribution in [0.15, 0.2) is 47.8 Å². The Morgan fingerprint density at radius 3 is 1.30 bits per heavy atom. The van der Waals surface area contributed by atoms with Crippen LogP contribution in [0.1, 0.15) is 27.7 Å². The number of carbonyl (C=O) groups is 2. The molecule has 20 heavy (non-hydrogen) atoms. The Labute approximate surface area is 119 Å². The van der Waals surface area contributed by atoms with Crippen molar-refractivity contribution in [2.45, 2.75) is 27.7 Å². The number of hydrogen-bond donors (Lipinski definition) is 2. The molecule has 0 saturated heterocycles. The lowest BCUT2D eigenvalue weighted by atomic mass is 10.2. The van der Waals surface area contributed by atoms with Gasteiger partial charge in [0.2, 0.25) is 0 Å². The monoisotopic (exact) mass is 272 g/mol. The average molecular weight is 272 g/mol. The second-order valence-corrected chi connectivity index (χ2v) is 4.70. The molecule has 0 saturated carbocycles. The molecule has 0 atom stereocenters. The summed E-state index contributed by atoms with van der Waals surface area (Å²) in [5.41, 5.74) is 3.40. The number of carbonyl (C=O) groups excluding carboxylic acids is 2. The van der Waals surface area contributed by atoms with Gasteiger partial charge in [0.15, 0.2) is 11.6 Å². The van der Waals surface area contributed by atoms with Crippen molar-refractivity contribution in [1.82, 2.24) is 0 Å². The highest BCUT2D eigenvalue weighted by Gasteiger charge is 1.97. The number of ketones is 2. The Kier molecular flexibility index (Phi) is 5.72. The number of nitrogens with one attached hydrogen (secondary N) is 2. The maximum atomic E-state index is 10.9. The minimum Gasteiger partial charge on any atom is -0.359 e. The number of benzene rings is 1. The van der Waals surface area contributed by atoms with E-state index in [0.717, 1.165) is 22.8 Å². The third kappa shape index (κ3) is 6.00. The van der Waals surface area contributed by atoms with Gasteiger partial charge in [-0.2, -0.15) is 0 Å². The Hall–Kier alpha value is -2.36. The van der Waals surface area contributed by atoms with Gasteiger partial charge in [-0.05, 0) is 64.1 Å². The topological polar surface area (TPSA) is 58.2 Å². The summed E-state index contributed by atoms with van der Waals surface area (Å²) in [4.78, 5) is 21.9. The quantitative estimate of drug-likeness (QED) is 0.778. The second-order valence-electron chi connectivity index (χ2n) is 4.70. The van der Waals surface area contributed by atoms with E-state index >= 15 is 0 Å². The molecule has 0 aliphatic carbocycles. The van der Waals surface area contributed by atoms with Crippen LogP contribution in [0.3, 0.4) is 0 Å². The van der Waals surface area contributed by atoms with Crippen molar-refractivity contribution in [2.75, 3.05) is 10.6 Å². The molecule has 0 amide bonds. The number of anilines is 2. The lowest BCUT2D eigenvalue weighted by Crippen LogP contribution is -2.00. The summed E-state index contributed by atoms with van der Waals surface area (Å²) in [5, 5.41) is 6.26. The van der Waals surface area contributed by atoms with E-state index in [1.807, 2.05) is 38.1 Å². The van der Waals surface area contributed by atoms with Gasteiger partial charge in [-0.25, -0.2) is 0 Å². The van der Waals surface area contributed by atoms with E-state index in [4.69, 9.17) is 0 Å². The highest BCUT2D eigenvalue weighted by atomic mass is 16.1. The normalized spacial score (nSPS) is 12.0. The van der Waals surface area contributed by atoms with Crippen LogP contribution in [0.2, 0.25) is 0 Å². The minimum absolute atomic E-state index is 0.0123. The predicted molar refractivity (Wildman–Crippen MR) is 82.6 cm³/mol. The van der Waals surface area contributed by atoms with Gasteiger partial charge in [0.1, 0.15) is 0 Å². The summed E-state index contributed by atoms with van der Waals surface area (Å²) >= 11 is 0. The fourth-order valence-electron chi connectivity index (χ4n) is 1.77. The van der Waals surface area contributed by atoms with Crippen LogP contribution in [0.4, 0.5) is 11.4 Å². The van der Waals surface area contributed by atoms with Gasteiger partial charge < -0.3 is 10.6 Å². The number of allylic oxidation sites excluding steroid dienone is 4. The van der Waals surface area contributed by atoms with E-state index in [2.05, 4.69) is 10.6 Å². The molecule has 0 unspecified atom stereocenters. The summed E-state index contributed by atoms with van der Waals surface area (Å²) in [6.45, 7) is 6.71. The Morgan fingerprint density at radius 2 is 1.05 bits per heavy atom. The number of hydrogen-bond acceptors (Lipinski definition) is 4. The summed E-state index contributed by atoms with van der Waals surface area (Å²) < 4.78 is 0. The summed E-state index contributed by atoms with van der Waals surface area (Å²) in [6, 6.07) is 7.61. The van der Waals surface area contributed by atoms with E-state index in [9.17, 15) is 9.59 Å². The SMILES string of the molecule is CC(=O)/C=C(\C)Nc1ccc(N/C(C)=C/C(C)=O)cc1. The zero-order valence-corrected chi connectivity index (χ0v) is 12.3. The van der Waals surface area contributed by atoms with Crippen LogP contribution >= 0.6 is 0 Å². The molecular formula is C16H20N2O2. The van der Waals surface area contributed by atoms with Crippen LogP contribution < -0.4 is 10.6 Å². The van der Waals surface area contributed by atoms with E-state index in [-0.39, 0.29) is 11.6 Å². The largest absolute Gasteiger partial charge is 0.359 e.